The third-order valence-electron chi connectivity index (χ3n) is 6.33. The van der Waals surface area contributed by atoms with E-state index in [4.69, 9.17) is 11.6 Å². The Balaban J connectivity index is 1.47. The van der Waals surface area contributed by atoms with Crippen LogP contribution in [0.4, 0.5) is 8.78 Å². The lowest BCUT2D eigenvalue weighted by Gasteiger charge is -2.16. The van der Waals surface area contributed by atoms with Gasteiger partial charge in [-0.3, -0.25) is 0 Å². The molecule has 6 aromatic rings. The number of imidazole rings is 1. The van der Waals surface area contributed by atoms with Gasteiger partial charge in [0, 0.05) is 12.1 Å². The van der Waals surface area contributed by atoms with E-state index in [2.05, 4.69) is 25.5 Å². The van der Waals surface area contributed by atoms with Crippen molar-refractivity contribution in [3.63, 3.8) is 0 Å². The third kappa shape index (κ3) is 4.35. The van der Waals surface area contributed by atoms with Crippen molar-refractivity contribution in [2.45, 2.75) is 12.3 Å². The number of nitrogens with zero attached hydrogens (tertiary/aromatic N) is 6. The molecular weight excluding hydrogens is 512 g/mol. The Morgan fingerprint density at radius 3 is 2.63 bits per heavy atom. The zero-order valence-corrected chi connectivity index (χ0v) is 20.3. The summed E-state index contributed by atoms with van der Waals surface area (Å²) in [7, 11) is 0. The van der Waals surface area contributed by atoms with E-state index < -0.39 is 17.6 Å². The van der Waals surface area contributed by atoms with E-state index in [9.17, 15) is 9.60 Å². The number of aromatic nitrogens is 7. The van der Waals surface area contributed by atoms with Crippen molar-refractivity contribution in [1.82, 2.24) is 30.2 Å². The molecule has 11 heteroatoms. The first-order valence-corrected chi connectivity index (χ1v) is 12.0. The molecule has 188 valence electrons. The molecule has 3 aromatic heterocycles. The number of hydrogen-bond donors (Lipinski definition) is 1. The summed E-state index contributed by atoms with van der Waals surface area (Å²) in [5.74, 6) is -1.09. The summed E-state index contributed by atoms with van der Waals surface area (Å²) in [6.07, 6.45) is 3.07. The molecule has 38 heavy (non-hydrogen) atoms. The van der Waals surface area contributed by atoms with E-state index in [1.54, 1.807) is 24.3 Å². The fraction of sp³-hybridized carbons (Fsp3) is 0.0741. The largest absolute Gasteiger partial charge is 0.618 e. The van der Waals surface area contributed by atoms with Gasteiger partial charge in [0.2, 0.25) is 5.69 Å². The Bertz CT molecular complexity index is 1760. The van der Waals surface area contributed by atoms with Crippen molar-refractivity contribution in [3.8, 4) is 16.8 Å². The second kappa shape index (κ2) is 9.64. The maximum absolute atomic E-state index is 15.3. The van der Waals surface area contributed by atoms with E-state index in [0.29, 0.717) is 45.0 Å². The van der Waals surface area contributed by atoms with E-state index in [1.807, 2.05) is 30.3 Å². The lowest BCUT2D eigenvalue weighted by atomic mass is 9.94. The van der Waals surface area contributed by atoms with Gasteiger partial charge in [-0.1, -0.05) is 41.9 Å². The molecule has 3 aromatic carbocycles. The predicted molar refractivity (Wildman–Crippen MR) is 137 cm³/mol. The fourth-order valence-corrected chi connectivity index (χ4v) is 4.70. The first-order chi connectivity index (χ1) is 18.5. The normalized spacial score (nSPS) is 12.2. The first kappa shape index (κ1) is 23.7. The highest BCUT2D eigenvalue weighted by molar-refractivity contribution is 6.31. The number of benzene rings is 3. The van der Waals surface area contributed by atoms with Crippen LogP contribution in [0.3, 0.4) is 0 Å². The lowest BCUT2D eigenvalue weighted by Crippen LogP contribution is -2.34. The third-order valence-corrected chi connectivity index (χ3v) is 6.63. The number of aromatic amines is 1. The standard InChI is InChI=1S/C27H18ClF2N7O/c28-20-8-11-24(36-15-31-34-35-36)25(26(20)30)17-6-10-23(37(38)14-17)19(12-16-4-2-1-3-5-16)27-32-21-9-7-18(29)13-22(21)33-27/h1-11,13-15,19H,12H2,(H,32,33)/t19-/m0/s1. The Morgan fingerprint density at radius 2 is 1.87 bits per heavy atom. The highest BCUT2D eigenvalue weighted by Gasteiger charge is 2.27. The van der Waals surface area contributed by atoms with Crippen LogP contribution in [0.25, 0.3) is 27.8 Å². The molecule has 8 nitrogen and oxygen atoms in total. The number of rotatable bonds is 6. The number of nitrogens with one attached hydrogen (secondary N) is 1. The second-order valence-electron chi connectivity index (χ2n) is 8.70. The Kier molecular flexibility index (Phi) is 6.01. The predicted octanol–water partition coefficient (Wildman–Crippen LogP) is 5.15. The molecule has 0 fully saturated rings. The average molecular weight is 530 g/mol. The van der Waals surface area contributed by atoms with Gasteiger partial charge in [0.05, 0.1) is 32.9 Å². The lowest BCUT2D eigenvalue weighted by molar-refractivity contribution is -0.614. The van der Waals surface area contributed by atoms with Gasteiger partial charge in [-0.25, -0.2) is 13.8 Å². The number of fused-ring (bicyclic) bond motifs is 1. The maximum Gasteiger partial charge on any atom is 0.203 e. The zero-order valence-electron chi connectivity index (χ0n) is 19.6. The van der Waals surface area contributed by atoms with Gasteiger partial charge >= 0.3 is 0 Å². The minimum absolute atomic E-state index is 0.0831. The number of tetrazole rings is 1. The average Bonchev–Trinajstić information content (AvgIpc) is 3.60. The van der Waals surface area contributed by atoms with Crippen LogP contribution < -0.4 is 4.73 Å². The molecule has 0 aliphatic heterocycles. The van der Waals surface area contributed by atoms with Gasteiger partial charge in [0.25, 0.3) is 0 Å². The monoisotopic (exact) mass is 529 g/mol. The van der Waals surface area contributed by atoms with E-state index in [-0.39, 0.29) is 10.6 Å². The van der Waals surface area contributed by atoms with Crippen LogP contribution in [0, 0.1) is 16.8 Å². The maximum atomic E-state index is 15.3. The van der Waals surface area contributed by atoms with Crippen molar-refractivity contribution in [2.24, 2.45) is 0 Å². The van der Waals surface area contributed by atoms with E-state index in [1.165, 1.54) is 35.4 Å². The van der Waals surface area contributed by atoms with Crippen LogP contribution in [0.5, 0.6) is 0 Å². The smallest absolute Gasteiger partial charge is 0.203 e. The molecular formula is C27H18ClF2N7O. The van der Waals surface area contributed by atoms with Crippen molar-refractivity contribution in [1.29, 1.82) is 0 Å². The minimum atomic E-state index is -0.701. The summed E-state index contributed by atoms with van der Waals surface area (Å²) in [5, 5.41) is 24.5. The Morgan fingerprint density at radius 1 is 1.03 bits per heavy atom. The first-order valence-electron chi connectivity index (χ1n) is 11.6. The number of hydrogen-bond acceptors (Lipinski definition) is 5. The molecule has 0 spiro atoms. The molecule has 0 aliphatic carbocycles. The van der Waals surface area contributed by atoms with Gasteiger partial charge in [0.1, 0.15) is 23.9 Å². The molecule has 0 saturated carbocycles. The summed E-state index contributed by atoms with van der Waals surface area (Å²) >= 11 is 6.08. The van der Waals surface area contributed by atoms with Crippen molar-refractivity contribution >= 4 is 22.6 Å². The quantitative estimate of drug-likeness (QED) is 0.238. The zero-order chi connectivity index (χ0) is 26.2. The van der Waals surface area contributed by atoms with Crippen molar-refractivity contribution < 1.29 is 13.5 Å². The number of halogens is 3. The molecule has 1 atom stereocenters. The second-order valence-corrected chi connectivity index (χ2v) is 9.11. The van der Waals surface area contributed by atoms with Gasteiger partial charge in [-0.2, -0.15) is 9.41 Å². The van der Waals surface area contributed by atoms with Gasteiger partial charge in [0.15, 0.2) is 12.0 Å². The molecule has 0 aliphatic rings. The fourth-order valence-electron chi connectivity index (χ4n) is 4.54. The molecule has 0 radical (unpaired) electrons. The van der Waals surface area contributed by atoms with Crippen LogP contribution in [-0.4, -0.2) is 30.2 Å². The topological polar surface area (TPSA) is 99.2 Å². The van der Waals surface area contributed by atoms with Crippen molar-refractivity contribution in [3.05, 3.63) is 124 Å². The van der Waals surface area contributed by atoms with Crippen LogP contribution in [0.2, 0.25) is 5.02 Å². The molecule has 3 heterocycles. The summed E-state index contributed by atoms with van der Waals surface area (Å²) < 4.78 is 31.1. The van der Waals surface area contributed by atoms with Gasteiger partial charge < -0.3 is 10.2 Å². The number of pyridine rings is 1. The van der Waals surface area contributed by atoms with Crippen LogP contribution in [0.15, 0.2) is 85.3 Å². The molecule has 1 N–H and O–H groups in total. The summed E-state index contributed by atoms with van der Waals surface area (Å²) in [4.78, 5) is 7.82. The molecule has 0 amide bonds. The van der Waals surface area contributed by atoms with Crippen LogP contribution in [-0.2, 0) is 6.42 Å². The molecule has 0 bridgehead atoms. The van der Waals surface area contributed by atoms with Crippen LogP contribution >= 0.6 is 11.6 Å². The highest BCUT2D eigenvalue weighted by Crippen LogP contribution is 2.34. The van der Waals surface area contributed by atoms with E-state index in [0.717, 1.165) is 5.56 Å². The Labute approximate surface area is 219 Å². The molecule has 0 saturated heterocycles. The summed E-state index contributed by atoms with van der Waals surface area (Å²) in [5.41, 5.74) is 3.17. The summed E-state index contributed by atoms with van der Waals surface area (Å²) in [6.45, 7) is 0. The highest BCUT2D eigenvalue weighted by atomic mass is 35.5. The van der Waals surface area contributed by atoms with Crippen molar-refractivity contribution in [2.75, 3.05) is 0 Å². The van der Waals surface area contributed by atoms with Crippen LogP contribution in [0.1, 0.15) is 23.0 Å². The Hall–Kier alpha value is -4.70. The molecule has 6 rings (SSSR count). The SMILES string of the molecule is [O-][n+]1cc(-c2c(-n3cnnn3)ccc(Cl)c2F)ccc1[C@H](Cc1ccccc1)c1nc2cc(F)ccc2[nH]1. The summed E-state index contributed by atoms with van der Waals surface area (Å²) in [6, 6.07) is 20.2. The molecule has 0 unspecified atom stereocenters. The van der Waals surface area contributed by atoms with Gasteiger partial charge in [-0.15, -0.1) is 5.10 Å². The number of H-pyrrole nitrogens is 1. The van der Waals surface area contributed by atoms with E-state index >= 15 is 4.39 Å². The van der Waals surface area contributed by atoms with Gasteiger partial charge in [-0.05, 0) is 52.7 Å². The minimum Gasteiger partial charge on any atom is -0.618 e.